The average Bonchev–Trinajstić information content (AvgIpc) is 2.91. The van der Waals surface area contributed by atoms with Crippen molar-refractivity contribution in [3.05, 3.63) is 35.4 Å². The van der Waals surface area contributed by atoms with E-state index in [2.05, 4.69) is 11.9 Å². The Morgan fingerprint density at radius 2 is 2.21 bits per heavy atom. The predicted octanol–water partition coefficient (Wildman–Crippen LogP) is 1.16. The number of ketones is 1. The molecule has 1 saturated heterocycles. The molecule has 24 heavy (non-hydrogen) atoms. The quantitative estimate of drug-likeness (QED) is 0.758. The van der Waals surface area contributed by atoms with E-state index in [0.717, 1.165) is 24.9 Å². The Bertz CT molecular complexity index is 803. The van der Waals surface area contributed by atoms with Gasteiger partial charge in [0.25, 0.3) is 0 Å². The molecular formula is C19H21NO4. The molecule has 5 nitrogen and oxygen atoms in total. The molecule has 2 aliphatic heterocycles. The number of aromatic hydroxyl groups is 1. The molecule has 4 aliphatic rings. The van der Waals surface area contributed by atoms with Gasteiger partial charge in [-0.25, -0.2) is 0 Å². The molecule has 3 unspecified atom stereocenters. The van der Waals surface area contributed by atoms with Crippen LogP contribution in [0.15, 0.2) is 24.3 Å². The van der Waals surface area contributed by atoms with Gasteiger partial charge in [-0.3, -0.25) is 4.79 Å². The first-order valence-electron chi connectivity index (χ1n) is 8.54. The largest absolute Gasteiger partial charge is 0.504 e. The number of rotatable bonds is 1. The highest BCUT2D eigenvalue weighted by Crippen LogP contribution is 2.63. The van der Waals surface area contributed by atoms with Crippen LogP contribution in [-0.2, 0) is 16.6 Å². The summed E-state index contributed by atoms with van der Waals surface area (Å²) in [6, 6.07) is 3.95. The first-order chi connectivity index (χ1) is 11.4. The second-order valence-corrected chi connectivity index (χ2v) is 7.75. The molecule has 1 spiro atoms. The molecule has 0 aromatic heterocycles. The molecule has 5 heteroatoms. The second-order valence-electron chi connectivity index (χ2n) is 7.75. The van der Waals surface area contributed by atoms with Crippen LogP contribution in [0.2, 0.25) is 0 Å². The molecule has 0 amide bonds. The van der Waals surface area contributed by atoms with Crippen molar-refractivity contribution in [3.63, 3.8) is 0 Å². The number of likely N-dealkylation sites (tertiary alicyclic amines) is 1. The number of benzene rings is 1. The van der Waals surface area contributed by atoms with E-state index in [4.69, 9.17) is 4.74 Å². The number of hydrogen-bond acceptors (Lipinski definition) is 5. The van der Waals surface area contributed by atoms with Gasteiger partial charge in [-0.1, -0.05) is 12.1 Å². The number of carbonyl (C=O) groups is 1. The molecule has 126 valence electrons. The minimum atomic E-state index is -1.64. The van der Waals surface area contributed by atoms with Crippen LogP contribution < -0.4 is 4.74 Å². The van der Waals surface area contributed by atoms with Gasteiger partial charge < -0.3 is 19.8 Å². The summed E-state index contributed by atoms with van der Waals surface area (Å²) in [7, 11) is 2.13. The summed E-state index contributed by atoms with van der Waals surface area (Å²) >= 11 is 0. The highest BCUT2D eigenvalue weighted by Gasteiger charge is 2.68. The monoisotopic (exact) mass is 327 g/mol. The van der Waals surface area contributed by atoms with Crippen molar-refractivity contribution in [1.82, 2.24) is 4.90 Å². The number of carbonyl (C=O) groups excluding carboxylic acids is 1. The lowest BCUT2D eigenvalue weighted by atomic mass is 9.51. The Hall–Kier alpha value is -1.85. The fraction of sp³-hybridized carbons (Fsp3) is 0.526. The summed E-state index contributed by atoms with van der Waals surface area (Å²) in [5, 5.41) is 21.5. The van der Waals surface area contributed by atoms with E-state index >= 15 is 0 Å². The Morgan fingerprint density at radius 3 is 2.96 bits per heavy atom. The van der Waals surface area contributed by atoms with E-state index in [1.165, 1.54) is 12.5 Å². The fourth-order valence-electron chi connectivity index (χ4n) is 5.61. The number of aliphatic hydroxyl groups is 1. The molecule has 0 radical (unpaired) electrons. The van der Waals surface area contributed by atoms with Crippen molar-refractivity contribution >= 4 is 5.78 Å². The summed E-state index contributed by atoms with van der Waals surface area (Å²) in [5.74, 6) is 0.427. The molecule has 2 aliphatic carbocycles. The second kappa shape index (κ2) is 4.21. The minimum Gasteiger partial charge on any atom is -0.504 e. The molecule has 1 fully saturated rings. The number of Topliss-reactive ketones (excluding diaryl/α,β-unsaturated/α-hetero) is 1. The Kier molecular flexibility index (Phi) is 2.54. The summed E-state index contributed by atoms with van der Waals surface area (Å²) in [4.78, 5) is 14.6. The number of phenols is 1. The Morgan fingerprint density at radius 1 is 1.42 bits per heavy atom. The highest BCUT2D eigenvalue weighted by molar-refractivity contribution is 5.89. The van der Waals surface area contributed by atoms with Crippen molar-refractivity contribution in [2.45, 2.75) is 42.9 Å². The first kappa shape index (κ1) is 14.5. The molecule has 0 saturated carbocycles. The van der Waals surface area contributed by atoms with Crippen molar-refractivity contribution in [3.8, 4) is 11.5 Å². The lowest BCUT2D eigenvalue weighted by Gasteiger charge is -2.58. The van der Waals surface area contributed by atoms with Gasteiger partial charge in [0.05, 0.1) is 0 Å². The number of hydrogen-bond donors (Lipinski definition) is 2. The van der Waals surface area contributed by atoms with Crippen LogP contribution in [0, 0.1) is 5.92 Å². The van der Waals surface area contributed by atoms with Crippen molar-refractivity contribution < 1.29 is 19.7 Å². The topological polar surface area (TPSA) is 70.0 Å². The van der Waals surface area contributed by atoms with E-state index in [0.29, 0.717) is 11.8 Å². The van der Waals surface area contributed by atoms with Gasteiger partial charge in [-0.2, -0.15) is 0 Å². The van der Waals surface area contributed by atoms with Gasteiger partial charge in [-0.05, 0) is 51.1 Å². The molecule has 1 aromatic rings. The summed E-state index contributed by atoms with van der Waals surface area (Å²) in [6.45, 7) is 2.29. The third-order valence-corrected chi connectivity index (χ3v) is 6.80. The van der Waals surface area contributed by atoms with E-state index in [1.54, 1.807) is 12.1 Å². The van der Waals surface area contributed by atoms with Crippen LogP contribution in [0.25, 0.3) is 0 Å². The number of likely N-dealkylation sites (N-methyl/N-ethyl adjacent to an activating group) is 1. The third kappa shape index (κ3) is 1.38. The predicted molar refractivity (Wildman–Crippen MR) is 87.2 cm³/mol. The van der Waals surface area contributed by atoms with Crippen LogP contribution in [0.5, 0.6) is 11.5 Å². The third-order valence-electron chi connectivity index (χ3n) is 6.80. The van der Waals surface area contributed by atoms with Crippen molar-refractivity contribution in [2.24, 2.45) is 5.92 Å². The van der Waals surface area contributed by atoms with Crippen LogP contribution in [0.3, 0.4) is 0 Å². The zero-order chi connectivity index (χ0) is 16.9. The van der Waals surface area contributed by atoms with Gasteiger partial charge in [0.15, 0.2) is 22.9 Å². The number of phenolic OH excluding ortho intramolecular Hbond substituents is 1. The summed E-state index contributed by atoms with van der Waals surface area (Å²) in [6.07, 6.45) is 4.67. The van der Waals surface area contributed by atoms with E-state index in [-0.39, 0.29) is 17.5 Å². The smallest absolute Gasteiger partial charge is 0.178 e. The number of ether oxygens (including phenoxy) is 1. The van der Waals surface area contributed by atoms with Crippen LogP contribution in [0.4, 0.5) is 0 Å². The molecule has 2 N–H and O–H groups in total. The van der Waals surface area contributed by atoms with E-state index in [1.807, 2.05) is 12.1 Å². The zero-order valence-electron chi connectivity index (χ0n) is 13.8. The van der Waals surface area contributed by atoms with Crippen molar-refractivity contribution in [2.75, 3.05) is 13.6 Å². The zero-order valence-corrected chi connectivity index (χ0v) is 13.8. The van der Waals surface area contributed by atoms with Gasteiger partial charge in [0.1, 0.15) is 6.10 Å². The molecule has 2 heterocycles. The number of nitrogens with zero attached hydrogens (tertiary/aromatic N) is 1. The normalized spacial score (nSPS) is 41.7. The minimum absolute atomic E-state index is 0.0968. The lowest BCUT2D eigenvalue weighted by molar-refractivity contribution is -0.148. The van der Waals surface area contributed by atoms with E-state index in [9.17, 15) is 15.0 Å². The summed E-state index contributed by atoms with van der Waals surface area (Å²) in [5.41, 5.74) is 0.107. The van der Waals surface area contributed by atoms with Gasteiger partial charge in [0, 0.05) is 22.9 Å². The number of piperidine rings is 1. The average molecular weight is 327 g/mol. The van der Waals surface area contributed by atoms with Gasteiger partial charge in [-0.15, -0.1) is 0 Å². The van der Waals surface area contributed by atoms with Crippen LogP contribution >= 0.6 is 0 Å². The van der Waals surface area contributed by atoms with E-state index < -0.39 is 17.1 Å². The molecule has 1 aromatic carbocycles. The van der Waals surface area contributed by atoms with Gasteiger partial charge >= 0.3 is 0 Å². The van der Waals surface area contributed by atoms with Crippen molar-refractivity contribution in [1.29, 1.82) is 0 Å². The lowest BCUT2D eigenvalue weighted by Crippen LogP contribution is -2.69. The molecule has 5 rings (SSSR count). The summed E-state index contributed by atoms with van der Waals surface area (Å²) < 4.78 is 6.13. The standard InChI is InChI=1S/C19H21NO4/c1-10(21)19(23)6-5-12-13-9-11-3-4-14(22)16-15(11)18(12,17(19)24-16)7-8-20(13)2/h3-6,12-13,17,22-23H,7-9H2,1-2H3/t12?,13?,17?,18-,19+/m0/s1. The molecule has 5 atom stereocenters. The van der Waals surface area contributed by atoms with Gasteiger partial charge in [0.2, 0.25) is 0 Å². The Labute approximate surface area is 140 Å². The first-order valence-corrected chi connectivity index (χ1v) is 8.54. The maximum absolute atomic E-state index is 12.3. The Balaban J connectivity index is 1.84. The molecule has 2 bridgehead atoms. The van der Waals surface area contributed by atoms with Crippen LogP contribution in [-0.4, -0.2) is 52.2 Å². The maximum atomic E-state index is 12.3. The SMILES string of the molecule is CC(=O)[C@]1(O)C=CC2C3Cc4ccc(O)c5c4[C@@]2(CCN3C)C1O5. The molecular weight excluding hydrogens is 306 g/mol. The van der Waals surface area contributed by atoms with Crippen LogP contribution in [0.1, 0.15) is 24.5 Å². The fourth-order valence-corrected chi connectivity index (χ4v) is 5.61. The maximum Gasteiger partial charge on any atom is 0.178 e. The highest BCUT2D eigenvalue weighted by atomic mass is 16.5.